The molecular weight excluding hydrogens is 242 g/mol. The van der Waals surface area contributed by atoms with E-state index in [9.17, 15) is 13.2 Å². The summed E-state index contributed by atoms with van der Waals surface area (Å²) in [5, 5.41) is 2.33. The summed E-state index contributed by atoms with van der Waals surface area (Å²) < 4.78 is 26.0. The van der Waals surface area contributed by atoms with Gasteiger partial charge in [-0.3, -0.25) is 4.79 Å². The topological polar surface area (TPSA) is 101 Å². The first-order valence-electron chi connectivity index (χ1n) is 4.99. The smallest absolute Gasteiger partial charge is 0.241 e. The van der Waals surface area contributed by atoms with Gasteiger partial charge in [0.25, 0.3) is 0 Å². The molecule has 0 aliphatic heterocycles. The Bertz CT molecular complexity index is 499. The Morgan fingerprint density at radius 2 is 2.00 bits per heavy atom. The van der Waals surface area contributed by atoms with E-state index in [2.05, 4.69) is 10.0 Å². The fourth-order valence-corrected chi connectivity index (χ4v) is 2.49. The monoisotopic (exact) mass is 257 g/mol. The van der Waals surface area contributed by atoms with Gasteiger partial charge in [0.15, 0.2) is 0 Å². The van der Waals surface area contributed by atoms with Crippen LogP contribution in [0.15, 0.2) is 29.2 Å². The van der Waals surface area contributed by atoms with Crippen molar-refractivity contribution in [1.29, 1.82) is 0 Å². The zero-order valence-corrected chi connectivity index (χ0v) is 10.3. The molecule has 1 amide bonds. The molecule has 1 aromatic rings. The summed E-state index contributed by atoms with van der Waals surface area (Å²) in [6, 6.07) is 6.40. The molecule has 0 spiro atoms. The van der Waals surface area contributed by atoms with Crippen LogP contribution in [0.2, 0.25) is 0 Å². The number of benzene rings is 1. The second-order valence-corrected chi connectivity index (χ2v) is 5.04. The number of rotatable bonds is 5. The summed E-state index contributed by atoms with van der Waals surface area (Å²) in [6.45, 7) is -0.172. The molecule has 17 heavy (non-hydrogen) atoms. The summed E-state index contributed by atoms with van der Waals surface area (Å²) in [6.07, 6.45) is 0. The van der Waals surface area contributed by atoms with Crippen LogP contribution in [0.25, 0.3) is 0 Å². The van der Waals surface area contributed by atoms with E-state index < -0.39 is 15.9 Å². The van der Waals surface area contributed by atoms with E-state index >= 15 is 0 Å². The molecule has 0 bridgehead atoms. The van der Waals surface area contributed by atoms with Crippen LogP contribution in [-0.2, 0) is 21.4 Å². The first kappa shape index (κ1) is 13.6. The maximum Gasteiger partial charge on any atom is 0.241 e. The number of sulfonamides is 1. The largest absolute Gasteiger partial charge is 0.358 e. The SMILES string of the molecule is CNC(=O)CNS(=O)(=O)c1ccccc1CN. The standard InChI is InChI=1S/C10H15N3O3S/c1-12-10(14)7-13-17(15,16)9-5-3-2-4-8(9)6-11/h2-5,13H,6-7,11H2,1H3,(H,12,14). The van der Waals surface area contributed by atoms with Crippen molar-refractivity contribution in [2.45, 2.75) is 11.4 Å². The second kappa shape index (κ2) is 5.76. The first-order chi connectivity index (χ1) is 8.01. The van der Waals surface area contributed by atoms with E-state index in [1.54, 1.807) is 18.2 Å². The van der Waals surface area contributed by atoms with Crippen LogP contribution in [0, 0.1) is 0 Å². The van der Waals surface area contributed by atoms with Crippen LogP contribution < -0.4 is 15.8 Å². The van der Waals surface area contributed by atoms with Gasteiger partial charge in [-0.15, -0.1) is 0 Å². The highest BCUT2D eigenvalue weighted by molar-refractivity contribution is 7.89. The van der Waals surface area contributed by atoms with Crippen molar-refractivity contribution in [3.63, 3.8) is 0 Å². The van der Waals surface area contributed by atoms with Gasteiger partial charge in [-0.1, -0.05) is 18.2 Å². The maximum atomic E-state index is 11.9. The van der Waals surface area contributed by atoms with Gasteiger partial charge in [0.05, 0.1) is 11.4 Å². The van der Waals surface area contributed by atoms with Crippen LogP contribution in [-0.4, -0.2) is 27.9 Å². The quantitative estimate of drug-likeness (QED) is 0.640. The molecule has 1 aromatic carbocycles. The van der Waals surface area contributed by atoms with Crippen LogP contribution >= 0.6 is 0 Å². The van der Waals surface area contributed by atoms with Gasteiger partial charge in [-0.2, -0.15) is 0 Å². The highest BCUT2D eigenvalue weighted by Gasteiger charge is 2.17. The molecule has 0 fully saturated rings. The average Bonchev–Trinajstić information content (AvgIpc) is 2.35. The number of nitrogens with one attached hydrogen (secondary N) is 2. The molecular formula is C10H15N3O3S. The molecule has 0 aromatic heterocycles. The van der Waals surface area contributed by atoms with Crippen molar-refractivity contribution in [2.75, 3.05) is 13.6 Å². The summed E-state index contributed by atoms with van der Waals surface area (Å²) in [7, 11) is -2.26. The normalized spacial score (nSPS) is 11.2. The number of amides is 1. The molecule has 0 saturated heterocycles. The number of nitrogens with two attached hydrogens (primary N) is 1. The van der Waals surface area contributed by atoms with Crippen molar-refractivity contribution in [2.24, 2.45) is 5.73 Å². The predicted octanol–water partition coefficient (Wildman–Crippen LogP) is -0.830. The van der Waals surface area contributed by atoms with Gasteiger partial charge in [-0.05, 0) is 11.6 Å². The Morgan fingerprint density at radius 1 is 1.35 bits per heavy atom. The molecule has 7 heteroatoms. The second-order valence-electron chi connectivity index (χ2n) is 3.31. The zero-order chi connectivity index (χ0) is 12.9. The molecule has 0 heterocycles. The minimum atomic E-state index is -3.70. The Morgan fingerprint density at radius 3 is 2.59 bits per heavy atom. The molecule has 0 saturated carbocycles. The zero-order valence-electron chi connectivity index (χ0n) is 9.43. The lowest BCUT2D eigenvalue weighted by Gasteiger charge is -2.09. The molecule has 1 rings (SSSR count). The van der Waals surface area contributed by atoms with E-state index in [4.69, 9.17) is 5.73 Å². The lowest BCUT2D eigenvalue weighted by Crippen LogP contribution is -2.35. The van der Waals surface area contributed by atoms with Crippen molar-refractivity contribution in [3.8, 4) is 0 Å². The summed E-state index contributed by atoms with van der Waals surface area (Å²) in [5.41, 5.74) is 5.97. The number of carbonyl (C=O) groups is 1. The van der Waals surface area contributed by atoms with Crippen molar-refractivity contribution >= 4 is 15.9 Å². The maximum absolute atomic E-state index is 11.9. The minimum absolute atomic E-state index is 0.103. The molecule has 0 radical (unpaired) electrons. The van der Waals surface area contributed by atoms with Crippen LogP contribution in [0.3, 0.4) is 0 Å². The number of hydrogen-bond acceptors (Lipinski definition) is 4. The molecule has 4 N–H and O–H groups in total. The van der Waals surface area contributed by atoms with Crippen molar-refractivity contribution in [1.82, 2.24) is 10.0 Å². The molecule has 0 aliphatic carbocycles. The third-order valence-electron chi connectivity index (χ3n) is 2.18. The van der Waals surface area contributed by atoms with E-state index in [1.807, 2.05) is 0 Å². The lowest BCUT2D eigenvalue weighted by atomic mass is 10.2. The first-order valence-corrected chi connectivity index (χ1v) is 6.48. The van der Waals surface area contributed by atoms with Gasteiger partial charge in [0.1, 0.15) is 0 Å². The van der Waals surface area contributed by atoms with Crippen molar-refractivity contribution < 1.29 is 13.2 Å². The Kier molecular flexibility index (Phi) is 4.62. The average molecular weight is 257 g/mol. The van der Waals surface area contributed by atoms with E-state index in [-0.39, 0.29) is 18.0 Å². The van der Waals surface area contributed by atoms with Gasteiger partial charge >= 0.3 is 0 Å². The van der Waals surface area contributed by atoms with E-state index in [0.29, 0.717) is 5.56 Å². The molecule has 6 nitrogen and oxygen atoms in total. The lowest BCUT2D eigenvalue weighted by molar-refractivity contribution is -0.119. The fourth-order valence-electron chi connectivity index (χ4n) is 1.26. The van der Waals surface area contributed by atoms with Gasteiger partial charge < -0.3 is 11.1 Å². The molecule has 0 aliphatic rings. The van der Waals surface area contributed by atoms with Gasteiger partial charge in [-0.25, -0.2) is 13.1 Å². The molecule has 0 unspecified atom stereocenters. The minimum Gasteiger partial charge on any atom is -0.358 e. The number of carbonyl (C=O) groups excluding carboxylic acids is 1. The van der Waals surface area contributed by atoms with Gasteiger partial charge in [0, 0.05) is 13.6 Å². The van der Waals surface area contributed by atoms with Crippen LogP contribution in [0.4, 0.5) is 0 Å². The number of likely N-dealkylation sites (N-methyl/N-ethyl adjacent to an activating group) is 1. The highest BCUT2D eigenvalue weighted by atomic mass is 32.2. The van der Waals surface area contributed by atoms with Crippen molar-refractivity contribution in [3.05, 3.63) is 29.8 Å². The van der Waals surface area contributed by atoms with Crippen LogP contribution in [0.1, 0.15) is 5.56 Å². The van der Waals surface area contributed by atoms with E-state index in [1.165, 1.54) is 13.1 Å². The van der Waals surface area contributed by atoms with Crippen LogP contribution in [0.5, 0.6) is 0 Å². The number of hydrogen-bond donors (Lipinski definition) is 3. The summed E-state index contributed by atoms with van der Waals surface area (Å²) in [4.78, 5) is 11.1. The summed E-state index contributed by atoms with van der Waals surface area (Å²) in [5.74, 6) is -0.404. The van der Waals surface area contributed by atoms with Gasteiger partial charge in [0.2, 0.25) is 15.9 Å². The highest BCUT2D eigenvalue weighted by Crippen LogP contribution is 2.14. The molecule has 0 atom stereocenters. The summed E-state index contributed by atoms with van der Waals surface area (Å²) >= 11 is 0. The third-order valence-corrected chi connectivity index (χ3v) is 3.69. The molecule has 94 valence electrons. The predicted molar refractivity (Wildman–Crippen MR) is 63.6 cm³/mol. The van der Waals surface area contributed by atoms with E-state index in [0.717, 1.165) is 0 Å². The Hall–Kier alpha value is -1.44. The Balaban J connectivity index is 2.93. The third kappa shape index (κ3) is 3.52. The fraction of sp³-hybridized carbons (Fsp3) is 0.300. The Labute approximate surface area is 100 Å².